The Morgan fingerprint density at radius 3 is 2.42 bits per heavy atom. The molecular weight excluding hydrogens is 366 g/mol. The molecule has 9 heteroatoms. The number of Topliss-reactive ketones (excluding diaryl/α,β-unsaturated/α-hetero) is 1. The molecular formula is C17H16ClNO7. The molecule has 138 valence electrons. The molecule has 2 rings (SSSR count). The van der Waals surface area contributed by atoms with E-state index in [-0.39, 0.29) is 5.56 Å². The highest BCUT2D eigenvalue weighted by molar-refractivity contribution is 6.51. The standard InChI is InChI=1S/C17H16ClNO7/c1-9(19(23)24)13-11-7-5-4-6-10(11)8-12(15(21)25-2)14(20)17(13,18)16(22)26-3/h4-9,13H,1-3H3/t9-,13+,17-/m1/s1. The minimum atomic E-state index is -2.49. The zero-order chi connectivity index (χ0) is 19.6. The van der Waals surface area contributed by atoms with E-state index in [2.05, 4.69) is 9.47 Å². The lowest BCUT2D eigenvalue weighted by molar-refractivity contribution is -0.522. The molecule has 0 saturated carbocycles. The number of methoxy groups -OCH3 is 2. The molecule has 0 bridgehead atoms. The molecule has 0 spiro atoms. The van der Waals surface area contributed by atoms with Gasteiger partial charge in [-0.15, -0.1) is 0 Å². The summed E-state index contributed by atoms with van der Waals surface area (Å²) < 4.78 is 9.27. The van der Waals surface area contributed by atoms with Crippen LogP contribution in [0.15, 0.2) is 29.8 Å². The number of hydrogen-bond acceptors (Lipinski definition) is 7. The summed E-state index contributed by atoms with van der Waals surface area (Å²) in [5, 5.41) is 11.5. The largest absolute Gasteiger partial charge is 0.467 e. The van der Waals surface area contributed by atoms with Crippen molar-refractivity contribution in [3.8, 4) is 0 Å². The van der Waals surface area contributed by atoms with E-state index in [1.165, 1.54) is 19.1 Å². The molecule has 0 aliphatic heterocycles. The predicted molar refractivity (Wildman–Crippen MR) is 91.2 cm³/mol. The first-order valence-corrected chi connectivity index (χ1v) is 7.92. The fourth-order valence-corrected chi connectivity index (χ4v) is 3.52. The van der Waals surface area contributed by atoms with E-state index in [0.717, 1.165) is 14.2 Å². The maximum absolute atomic E-state index is 13.0. The first kappa shape index (κ1) is 19.6. The van der Waals surface area contributed by atoms with Crippen LogP contribution < -0.4 is 0 Å². The summed E-state index contributed by atoms with van der Waals surface area (Å²) >= 11 is 6.43. The van der Waals surface area contributed by atoms with Crippen molar-refractivity contribution in [1.82, 2.24) is 0 Å². The summed E-state index contributed by atoms with van der Waals surface area (Å²) in [5.41, 5.74) is 0.147. The molecule has 1 aliphatic rings. The van der Waals surface area contributed by atoms with Gasteiger partial charge in [0.05, 0.1) is 20.1 Å². The number of ketones is 1. The van der Waals surface area contributed by atoms with Gasteiger partial charge >= 0.3 is 11.9 Å². The molecule has 0 heterocycles. The molecule has 0 fully saturated rings. The molecule has 26 heavy (non-hydrogen) atoms. The zero-order valence-corrected chi connectivity index (χ0v) is 15.0. The van der Waals surface area contributed by atoms with Gasteiger partial charge in [-0.05, 0) is 17.2 Å². The number of halogens is 1. The first-order chi connectivity index (χ1) is 12.2. The summed E-state index contributed by atoms with van der Waals surface area (Å²) in [6.07, 6.45) is 1.22. The minimum absolute atomic E-state index is 0.282. The monoisotopic (exact) mass is 381 g/mol. The van der Waals surface area contributed by atoms with E-state index in [9.17, 15) is 24.5 Å². The normalized spacial score (nSPS) is 23.2. The molecule has 1 aromatic carbocycles. The van der Waals surface area contributed by atoms with E-state index in [4.69, 9.17) is 11.6 Å². The maximum atomic E-state index is 13.0. The topological polar surface area (TPSA) is 113 Å². The zero-order valence-electron chi connectivity index (χ0n) is 14.2. The van der Waals surface area contributed by atoms with Gasteiger partial charge in [-0.2, -0.15) is 0 Å². The molecule has 0 unspecified atom stereocenters. The third kappa shape index (κ3) is 2.96. The lowest BCUT2D eigenvalue weighted by Crippen LogP contribution is -2.52. The summed E-state index contributed by atoms with van der Waals surface area (Å²) in [5.74, 6) is -4.66. The Hall–Kier alpha value is -2.74. The summed E-state index contributed by atoms with van der Waals surface area (Å²) in [7, 11) is 2.07. The summed E-state index contributed by atoms with van der Waals surface area (Å²) in [4.78, 5) is 46.0. The van der Waals surface area contributed by atoms with Crippen LogP contribution in [0.3, 0.4) is 0 Å². The minimum Gasteiger partial charge on any atom is -0.467 e. The van der Waals surface area contributed by atoms with Gasteiger partial charge in [0.15, 0.2) is 0 Å². The number of fused-ring (bicyclic) bond motifs is 1. The fourth-order valence-electron chi connectivity index (χ4n) is 3.04. The van der Waals surface area contributed by atoms with Gasteiger partial charge in [-0.25, -0.2) is 9.59 Å². The van der Waals surface area contributed by atoms with Crippen molar-refractivity contribution >= 4 is 35.4 Å². The van der Waals surface area contributed by atoms with E-state index < -0.39 is 45.1 Å². The van der Waals surface area contributed by atoms with Crippen LogP contribution in [0, 0.1) is 10.1 Å². The molecule has 0 radical (unpaired) electrons. The highest BCUT2D eigenvalue weighted by Gasteiger charge is 2.60. The number of esters is 2. The molecule has 0 aromatic heterocycles. The quantitative estimate of drug-likeness (QED) is 0.195. The van der Waals surface area contributed by atoms with E-state index >= 15 is 0 Å². The number of nitro groups is 1. The van der Waals surface area contributed by atoms with Crippen LogP contribution in [-0.2, 0) is 23.9 Å². The third-order valence-corrected chi connectivity index (χ3v) is 4.90. The average molecular weight is 382 g/mol. The van der Waals surface area contributed by atoms with E-state index in [1.807, 2.05) is 0 Å². The highest BCUT2D eigenvalue weighted by Crippen LogP contribution is 2.45. The van der Waals surface area contributed by atoms with E-state index in [1.54, 1.807) is 18.2 Å². The number of rotatable bonds is 4. The number of ether oxygens (including phenoxy) is 2. The SMILES string of the molecule is COC(=O)C1=Cc2ccccc2[C@H]([C@@H](C)[N+](=O)[O-])[C@](Cl)(C(=O)OC)C1=O. The molecule has 0 saturated heterocycles. The van der Waals surface area contributed by atoms with Crippen LogP contribution in [0.4, 0.5) is 0 Å². The second kappa shape index (κ2) is 7.25. The number of alkyl halides is 1. The van der Waals surface area contributed by atoms with E-state index in [0.29, 0.717) is 5.56 Å². The Balaban J connectivity index is 2.88. The second-order valence-corrected chi connectivity index (χ2v) is 6.31. The second-order valence-electron chi connectivity index (χ2n) is 5.71. The smallest absolute Gasteiger partial charge is 0.341 e. The van der Waals surface area contributed by atoms with Crippen LogP contribution in [0.2, 0.25) is 0 Å². The van der Waals surface area contributed by atoms with Crippen molar-refractivity contribution in [3.63, 3.8) is 0 Å². The number of carbonyl (C=O) groups is 3. The van der Waals surface area contributed by atoms with Crippen LogP contribution in [0.25, 0.3) is 6.08 Å². The third-order valence-electron chi connectivity index (χ3n) is 4.34. The van der Waals surface area contributed by atoms with Gasteiger partial charge in [-0.1, -0.05) is 35.9 Å². The van der Waals surface area contributed by atoms with Crippen molar-refractivity contribution in [2.24, 2.45) is 0 Å². The molecule has 3 atom stereocenters. The van der Waals surface area contributed by atoms with Crippen molar-refractivity contribution in [1.29, 1.82) is 0 Å². The fraction of sp³-hybridized carbons (Fsp3) is 0.353. The molecule has 0 amide bonds. The molecule has 1 aromatic rings. The van der Waals surface area contributed by atoms with Crippen LogP contribution in [-0.4, -0.2) is 47.8 Å². The van der Waals surface area contributed by atoms with Gasteiger partial charge in [0, 0.05) is 11.8 Å². The average Bonchev–Trinajstić information content (AvgIpc) is 2.73. The number of hydrogen-bond donors (Lipinski definition) is 0. The van der Waals surface area contributed by atoms with Crippen LogP contribution in [0.1, 0.15) is 24.0 Å². The Morgan fingerprint density at radius 2 is 1.88 bits per heavy atom. The highest BCUT2D eigenvalue weighted by atomic mass is 35.5. The lowest BCUT2D eigenvalue weighted by Gasteiger charge is -2.31. The Morgan fingerprint density at radius 1 is 1.27 bits per heavy atom. The van der Waals surface area contributed by atoms with Crippen molar-refractivity contribution < 1.29 is 28.8 Å². The van der Waals surface area contributed by atoms with Crippen molar-refractivity contribution in [2.45, 2.75) is 23.8 Å². The molecule has 0 N–H and O–H groups in total. The number of carbonyl (C=O) groups excluding carboxylic acids is 3. The Bertz CT molecular complexity index is 819. The van der Waals surface area contributed by atoms with Crippen molar-refractivity contribution in [2.75, 3.05) is 14.2 Å². The van der Waals surface area contributed by atoms with Gasteiger partial charge in [0.1, 0.15) is 5.57 Å². The number of nitrogens with zero attached hydrogens (tertiary/aromatic N) is 1. The molecule has 8 nitrogen and oxygen atoms in total. The van der Waals surface area contributed by atoms with Gasteiger partial charge in [0.25, 0.3) is 0 Å². The molecule has 1 aliphatic carbocycles. The van der Waals surface area contributed by atoms with Gasteiger partial charge in [-0.3, -0.25) is 14.9 Å². The Labute approximate surface area is 153 Å². The first-order valence-electron chi connectivity index (χ1n) is 7.54. The summed E-state index contributed by atoms with van der Waals surface area (Å²) in [6.45, 7) is 1.23. The van der Waals surface area contributed by atoms with Crippen LogP contribution >= 0.6 is 11.6 Å². The lowest BCUT2D eigenvalue weighted by atomic mass is 9.77. The van der Waals surface area contributed by atoms with Gasteiger partial charge in [0.2, 0.25) is 16.7 Å². The van der Waals surface area contributed by atoms with Crippen LogP contribution in [0.5, 0.6) is 0 Å². The Kier molecular flexibility index (Phi) is 5.46. The maximum Gasteiger partial charge on any atom is 0.341 e. The van der Waals surface area contributed by atoms with Crippen molar-refractivity contribution in [3.05, 3.63) is 51.1 Å². The number of benzene rings is 1. The predicted octanol–water partition coefficient (Wildman–Crippen LogP) is 1.73. The van der Waals surface area contributed by atoms with Gasteiger partial charge < -0.3 is 9.47 Å². The summed E-state index contributed by atoms with van der Waals surface area (Å²) in [6, 6.07) is 4.88.